The maximum atomic E-state index is 11.6. The largest absolute Gasteiger partial charge is 0.512 e. The number of nitrogens with one attached hydrogen (secondary N) is 1. The van der Waals surface area contributed by atoms with Gasteiger partial charge in [-0.25, -0.2) is 4.79 Å². The van der Waals surface area contributed by atoms with Gasteiger partial charge in [-0.2, -0.15) is 0 Å². The van der Waals surface area contributed by atoms with Gasteiger partial charge in [-0.05, 0) is 26.8 Å². The maximum absolute atomic E-state index is 11.6. The van der Waals surface area contributed by atoms with Crippen LogP contribution < -0.4 is 5.32 Å². The van der Waals surface area contributed by atoms with Gasteiger partial charge in [0.05, 0.1) is 11.7 Å². The number of hydrogen-bond acceptors (Lipinski definition) is 4. The van der Waals surface area contributed by atoms with Crippen LogP contribution in [0.5, 0.6) is 0 Å². The number of amides is 1. The van der Waals surface area contributed by atoms with Gasteiger partial charge < -0.3 is 14.6 Å². The van der Waals surface area contributed by atoms with Crippen LogP contribution in [-0.2, 0) is 9.47 Å². The van der Waals surface area contributed by atoms with E-state index >= 15 is 0 Å². The molecule has 0 radical (unpaired) electrons. The number of aliphatic hydroxyl groups excluding tert-OH is 1. The normalized spacial score (nSPS) is 15.7. The summed E-state index contributed by atoms with van der Waals surface area (Å²) in [6.07, 6.45) is 1.66. The monoisotopic (exact) mass is 257 g/mol. The number of hydrogen-bond donors (Lipinski definition) is 2. The molecule has 0 bridgehead atoms. The van der Waals surface area contributed by atoms with Gasteiger partial charge >= 0.3 is 6.09 Å². The summed E-state index contributed by atoms with van der Waals surface area (Å²) in [4.78, 5) is 11.6. The smallest absolute Gasteiger partial charge is 0.409 e. The van der Waals surface area contributed by atoms with Crippen molar-refractivity contribution in [1.82, 2.24) is 5.32 Å². The fourth-order valence-corrected chi connectivity index (χ4v) is 1.24. The Hall–Kier alpha value is -1.49. The first kappa shape index (κ1) is 16.5. The van der Waals surface area contributed by atoms with E-state index in [0.717, 1.165) is 0 Å². The second kappa shape index (κ2) is 7.06. The van der Waals surface area contributed by atoms with E-state index in [2.05, 4.69) is 11.9 Å². The zero-order valence-electron chi connectivity index (χ0n) is 11.7. The number of aliphatic hydroxyl groups is 1. The summed E-state index contributed by atoms with van der Waals surface area (Å²) in [5.41, 5.74) is -0.579. The molecule has 18 heavy (non-hydrogen) atoms. The number of carbonyl (C=O) groups excluding carboxylic acids is 1. The van der Waals surface area contributed by atoms with Crippen LogP contribution in [0.1, 0.15) is 27.7 Å². The molecular formula is C13H23NO4. The molecule has 0 aliphatic heterocycles. The first-order chi connectivity index (χ1) is 8.21. The molecule has 0 aromatic heterocycles. The predicted octanol–water partition coefficient (Wildman–Crippen LogP) is 2.75. The topological polar surface area (TPSA) is 67.8 Å². The molecule has 0 aromatic carbocycles. The molecule has 0 rings (SSSR count). The number of rotatable bonds is 5. The highest BCUT2D eigenvalue weighted by molar-refractivity contribution is 5.68. The van der Waals surface area contributed by atoms with E-state index in [9.17, 15) is 9.90 Å². The van der Waals surface area contributed by atoms with Gasteiger partial charge in [0.1, 0.15) is 11.8 Å². The van der Waals surface area contributed by atoms with Crippen molar-refractivity contribution in [2.45, 2.75) is 39.5 Å². The SMILES string of the molecule is C=C/C=C(/O)[C@@H](C)C(NC(=O)OC(C)(C)C)OC. The van der Waals surface area contributed by atoms with Crippen molar-refractivity contribution < 1.29 is 19.4 Å². The minimum atomic E-state index is -0.670. The molecule has 0 aliphatic rings. The summed E-state index contributed by atoms with van der Waals surface area (Å²) in [6.45, 7) is 10.5. The molecule has 0 spiro atoms. The Morgan fingerprint density at radius 1 is 1.44 bits per heavy atom. The van der Waals surface area contributed by atoms with Gasteiger partial charge in [0.25, 0.3) is 0 Å². The number of alkyl carbamates (subject to hydrolysis) is 1. The van der Waals surface area contributed by atoms with E-state index in [0.29, 0.717) is 0 Å². The third-order valence-corrected chi connectivity index (χ3v) is 2.12. The lowest BCUT2D eigenvalue weighted by Gasteiger charge is -2.26. The van der Waals surface area contributed by atoms with Gasteiger partial charge in [0.2, 0.25) is 0 Å². The van der Waals surface area contributed by atoms with Crippen molar-refractivity contribution in [3.8, 4) is 0 Å². The van der Waals surface area contributed by atoms with E-state index in [1.807, 2.05) is 0 Å². The minimum Gasteiger partial charge on any atom is -0.512 e. The standard InChI is InChI=1S/C13H23NO4/c1-7-8-10(15)9(2)11(17-6)14-12(16)18-13(3,4)5/h7-9,11,15H,1H2,2-6H3,(H,14,16)/b10-8+/t9-,11?/m1/s1. The molecule has 0 heterocycles. The van der Waals surface area contributed by atoms with Crippen LogP contribution in [-0.4, -0.2) is 30.1 Å². The average Bonchev–Trinajstić information content (AvgIpc) is 2.22. The van der Waals surface area contributed by atoms with Crippen LogP contribution in [0.4, 0.5) is 4.79 Å². The molecule has 2 N–H and O–H groups in total. The van der Waals surface area contributed by atoms with Crippen molar-refractivity contribution in [3.63, 3.8) is 0 Å². The van der Waals surface area contributed by atoms with Crippen molar-refractivity contribution >= 4 is 6.09 Å². The van der Waals surface area contributed by atoms with Crippen LogP contribution in [0, 0.1) is 5.92 Å². The van der Waals surface area contributed by atoms with E-state index in [1.54, 1.807) is 27.7 Å². The Balaban J connectivity index is 4.56. The third kappa shape index (κ3) is 6.30. The van der Waals surface area contributed by atoms with Gasteiger partial charge in [-0.3, -0.25) is 5.32 Å². The Morgan fingerprint density at radius 2 is 2.00 bits per heavy atom. The molecule has 1 amide bonds. The first-order valence-electron chi connectivity index (χ1n) is 5.75. The second-order valence-electron chi connectivity index (χ2n) is 4.92. The van der Waals surface area contributed by atoms with Crippen molar-refractivity contribution in [2.75, 3.05) is 7.11 Å². The summed E-state index contributed by atoms with van der Waals surface area (Å²) in [7, 11) is 1.44. The van der Waals surface area contributed by atoms with E-state index in [1.165, 1.54) is 19.3 Å². The van der Waals surface area contributed by atoms with E-state index in [-0.39, 0.29) is 5.76 Å². The van der Waals surface area contributed by atoms with Gasteiger partial charge in [0.15, 0.2) is 0 Å². The molecule has 1 unspecified atom stereocenters. The number of ether oxygens (including phenoxy) is 2. The van der Waals surface area contributed by atoms with Crippen LogP contribution in [0.3, 0.4) is 0 Å². The zero-order chi connectivity index (χ0) is 14.3. The number of methoxy groups -OCH3 is 1. The Kier molecular flexibility index (Phi) is 6.47. The second-order valence-corrected chi connectivity index (χ2v) is 4.92. The Morgan fingerprint density at radius 3 is 2.39 bits per heavy atom. The highest BCUT2D eigenvalue weighted by Gasteiger charge is 2.24. The molecular weight excluding hydrogens is 234 g/mol. The van der Waals surface area contributed by atoms with Crippen LogP contribution in [0.15, 0.2) is 24.5 Å². The summed E-state index contributed by atoms with van der Waals surface area (Å²) in [5, 5.41) is 12.2. The number of carbonyl (C=O) groups is 1. The fourth-order valence-electron chi connectivity index (χ4n) is 1.24. The first-order valence-corrected chi connectivity index (χ1v) is 5.75. The molecule has 0 aromatic rings. The zero-order valence-corrected chi connectivity index (χ0v) is 11.7. The predicted molar refractivity (Wildman–Crippen MR) is 70.2 cm³/mol. The Labute approximate surface area is 108 Å². The third-order valence-electron chi connectivity index (χ3n) is 2.12. The maximum Gasteiger partial charge on any atom is 0.409 e. The summed E-state index contributed by atoms with van der Waals surface area (Å²) >= 11 is 0. The summed E-state index contributed by atoms with van der Waals surface area (Å²) in [6, 6.07) is 0. The highest BCUT2D eigenvalue weighted by Crippen LogP contribution is 2.14. The van der Waals surface area contributed by atoms with Crippen molar-refractivity contribution in [2.24, 2.45) is 5.92 Å². The van der Waals surface area contributed by atoms with E-state index < -0.39 is 23.8 Å². The fraction of sp³-hybridized carbons (Fsp3) is 0.615. The molecule has 2 atom stereocenters. The van der Waals surface area contributed by atoms with Crippen LogP contribution in [0.25, 0.3) is 0 Å². The lowest BCUT2D eigenvalue weighted by atomic mass is 10.1. The lowest BCUT2D eigenvalue weighted by molar-refractivity contribution is 0.00498. The van der Waals surface area contributed by atoms with Gasteiger partial charge in [-0.1, -0.05) is 19.6 Å². The van der Waals surface area contributed by atoms with Crippen molar-refractivity contribution in [1.29, 1.82) is 0 Å². The molecule has 0 aliphatic carbocycles. The molecule has 0 fully saturated rings. The lowest BCUT2D eigenvalue weighted by Crippen LogP contribution is -2.43. The summed E-state index contributed by atoms with van der Waals surface area (Å²) in [5.74, 6) is -0.326. The minimum absolute atomic E-state index is 0.0768. The Bertz CT molecular complexity index is 317. The molecule has 104 valence electrons. The van der Waals surface area contributed by atoms with E-state index in [4.69, 9.17) is 9.47 Å². The summed E-state index contributed by atoms with van der Waals surface area (Å²) < 4.78 is 10.2. The van der Waals surface area contributed by atoms with Gasteiger partial charge in [0, 0.05) is 7.11 Å². The molecule has 0 saturated carbocycles. The molecule has 5 nitrogen and oxygen atoms in total. The highest BCUT2D eigenvalue weighted by atomic mass is 16.6. The van der Waals surface area contributed by atoms with Crippen molar-refractivity contribution in [3.05, 3.63) is 24.5 Å². The molecule has 0 saturated heterocycles. The number of allylic oxidation sites excluding steroid dienone is 2. The molecule has 5 heteroatoms. The van der Waals surface area contributed by atoms with Gasteiger partial charge in [-0.15, -0.1) is 0 Å². The van der Waals surface area contributed by atoms with Crippen LogP contribution in [0.2, 0.25) is 0 Å². The van der Waals surface area contributed by atoms with Crippen LogP contribution >= 0.6 is 0 Å². The quantitative estimate of drug-likeness (QED) is 0.451. The average molecular weight is 257 g/mol.